The van der Waals surface area contributed by atoms with E-state index in [2.05, 4.69) is 24.4 Å². The Morgan fingerprint density at radius 1 is 1.48 bits per heavy atom. The zero-order chi connectivity index (χ0) is 15.6. The molecule has 1 aliphatic rings. The van der Waals surface area contributed by atoms with E-state index < -0.39 is 0 Å². The van der Waals surface area contributed by atoms with Crippen LogP contribution < -0.4 is 5.43 Å². The molecule has 1 unspecified atom stereocenters. The van der Waals surface area contributed by atoms with Crippen molar-refractivity contribution in [3.8, 4) is 6.07 Å². The van der Waals surface area contributed by atoms with Crippen molar-refractivity contribution in [2.75, 3.05) is 7.05 Å². The van der Waals surface area contributed by atoms with Crippen LogP contribution in [0.1, 0.15) is 19.4 Å². The van der Waals surface area contributed by atoms with Crippen molar-refractivity contribution in [1.82, 2.24) is 5.43 Å². The van der Waals surface area contributed by atoms with Crippen molar-refractivity contribution >= 4 is 11.4 Å². The highest BCUT2D eigenvalue weighted by Gasteiger charge is 2.65. The van der Waals surface area contributed by atoms with Crippen LogP contribution in [0.5, 0.6) is 0 Å². The van der Waals surface area contributed by atoms with Gasteiger partial charge in [0.05, 0.1) is 11.6 Å². The van der Waals surface area contributed by atoms with Gasteiger partial charge < -0.3 is 5.43 Å². The van der Waals surface area contributed by atoms with Crippen LogP contribution in [-0.2, 0) is 6.42 Å². The molecule has 2 atom stereocenters. The number of hydrogen-bond acceptors (Lipinski definition) is 4. The largest absolute Gasteiger partial charge is 0.313 e. The second kappa shape index (κ2) is 5.65. The van der Waals surface area contributed by atoms with Crippen molar-refractivity contribution in [3.05, 3.63) is 35.6 Å². The van der Waals surface area contributed by atoms with Gasteiger partial charge in [0.2, 0.25) is 0 Å². The first-order valence-electron chi connectivity index (χ1n) is 6.95. The Labute approximate surface area is 124 Å². The van der Waals surface area contributed by atoms with Crippen LogP contribution in [0.25, 0.3) is 0 Å². The fourth-order valence-electron chi connectivity index (χ4n) is 3.09. The van der Waals surface area contributed by atoms with E-state index in [1.807, 2.05) is 6.07 Å². The summed E-state index contributed by atoms with van der Waals surface area (Å²) in [5.41, 5.74) is 4.31. The van der Waals surface area contributed by atoms with Gasteiger partial charge in [-0.3, -0.25) is 5.41 Å². The van der Waals surface area contributed by atoms with Crippen molar-refractivity contribution in [3.63, 3.8) is 0 Å². The van der Waals surface area contributed by atoms with Gasteiger partial charge in [0, 0.05) is 12.5 Å². The molecule has 0 radical (unpaired) electrons. The summed E-state index contributed by atoms with van der Waals surface area (Å²) in [5, 5.41) is 21.2. The SMILES string of the molecule is CN/N=C1\[C@@H](C(=N)C#N)C1(Cc1ccc(F)cc1)C(C)C. The molecule has 1 saturated carbocycles. The predicted octanol–water partition coefficient (Wildman–Crippen LogP) is 2.76. The minimum absolute atomic E-state index is 0.0415. The third-order valence-electron chi connectivity index (χ3n) is 4.26. The Kier molecular flexibility index (Phi) is 4.08. The minimum Gasteiger partial charge on any atom is -0.313 e. The molecule has 1 aromatic rings. The molecule has 5 heteroatoms. The van der Waals surface area contributed by atoms with Gasteiger partial charge in [-0.05, 0) is 30.0 Å². The molecule has 0 amide bonds. The number of nitrogens with zero attached hydrogens (tertiary/aromatic N) is 2. The van der Waals surface area contributed by atoms with E-state index in [0.29, 0.717) is 6.42 Å². The van der Waals surface area contributed by atoms with Crippen molar-refractivity contribution < 1.29 is 4.39 Å². The second-order valence-corrected chi connectivity index (χ2v) is 5.68. The maximum atomic E-state index is 13.0. The number of nitriles is 1. The van der Waals surface area contributed by atoms with E-state index >= 15 is 0 Å². The Morgan fingerprint density at radius 2 is 2.10 bits per heavy atom. The Morgan fingerprint density at radius 3 is 2.57 bits per heavy atom. The Hall–Kier alpha value is -2.22. The molecule has 2 rings (SSSR count). The molecule has 110 valence electrons. The standard InChI is InChI=1S/C16H19FN4/c1-10(2)16(8-11-4-6-12(17)7-5-11)14(13(19)9-18)15(16)21-20-3/h4-7,10,14,19-20H,8H2,1-3H3/b19-13?,21-15+/t14-,16?/m1/s1. The van der Waals surface area contributed by atoms with E-state index in [1.165, 1.54) is 12.1 Å². The molecule has 21 heavy (non-hydrogen) atoms. The van der Waals surface area contributed by atoms with E-state index in [9.17, 15) is 4.39 Å². The molecule has 0 aliphatic heterocycles. The predicted molar refractivity (Wildman–Crippen MR) is 80.7 cm³/mol. The highest BCUT2D eigenvalue weighted by molar-refractivity contribution is 6.27. The molecule has 0 heterocycles. The zero-order valence-corrected chi connectivity index (χ0v) is 12.4. The van der Waals surface area contributed by atoms with Crippen LogP contribution in [0.4, 0.5) is 4.39 Å². The van der Waals surface area contributed by atoms with Crippen molar-refractivity contribution in [2.24, 2.45) is 22.4 Å². The molecule has 0 bridgehead atoms. The van der Waals surface area contributed by atoms with Gasteiger partial charge >= 0.3 is 0 Å². The second-order valence-electron chi connectivity index (χ2n) is 5.68. The summed E-state index contributed by atoms with van der Waals surface area (Å²) in [5.74, 6) is -0.285. The van der Waals surface area contributed by atoms with E-state index in [4.69, 9.17) is 10.7 Å². The molecular formula is C16H19FN4. The topological polar surface area (TPSA) is 72.0 Å². The van der Waals surface area contributed by atoms with Crippen molar-refractivity contribution in [1.29, 1.82) is 10.7 Å². The molecule has 1 fully saturated rings. The number of hydrazone groups is 1. The zero-order valence-electron chi connectivity index (χ0n) is 12.4. The third kappa shape index (κ3) is 2.54. The van der Waals surface area contributed by atoms with Crippen LogP contribution in [0.3, 0.4) is 0 Å². The van der Waals surface area contributed by atoms with Gasteiger partial charge in [-0.2, -0.15) is 10.4 Å². The average molecular weight is 286 g/mol. The maximum Gasteiger partial charge on any atom is 0.123 e. The number of halogens is 1. The lowest BCUT2D eigenvalue weighted by Gasteiger charge is -2.20. The van der Waals surface area contributed by atoms with Crippen molar-refractivity contribution in [2.45, 2.75) is 20.3 Å². The summed E-state index contributed by atoms with van der Waals surface area (Å²) in [4.78, 5) is 0. The number of benzene rings is 1. The fraction of sp³-hybridized carbons (Fsp3) is 0.438. The monoisotopic (exact) mass is 286 g/mol. The molecule has 0 spiro atoms. The molecule has 0 saturated heterocycles. The first kappa shape index (κ1) is 15.2. The lowest BCUT2D eigenvalue weighted by atomic mass is 9.82. The Balaban J connectivity index is 2.37. The van der Waals surface area contributed by atoms with Crippen LogP contribution in [0.2, 0.25) is 0 Å². The summed E-state index contributed by atoms with van der Waals surface area (Å²) >= 11 is 0. The molecular weight excluding hydrogens is 267 g/mol. The summed E-state index contributed by atoms with van der Waals surface area (Å²) in [6.07, 6.45) is 0.653. The summed E-state index contributed by atoms with van der Waals surface area (Å²) in [6, 6.07) is 8.31. The molecule has 1 aromatic carbocycles. The highest BCUT2D eigenvalue weighted by Crippen LogP contribution is 2.57. The summed E-state index contributed by atoms with van der Waals surface area (Å²) in [7, 11) is 1.71. The maximum absolute atomic E-state index is 13.0. The molecule has 1 aliphatic carbocycles. The van der Waals surface area contributed by atoms with Gasteiger partial charge in [0.1, 0.15) is 17.6 Å². The van der Waals surface area contributed by atoms with Crippen LogP contribution in [-0.4, -0.2) is 18.5 Å². The Bertz CT molecular complexity index is 612. The van der Waals surface area contributed by atoms with Gasteiger partial charge in [0.15, 0.2) is 0 Å². The van der Waals surface area contributed by atoms with Gasteiger partial charge in [-0.25, -0.2) is 4.39 Å². The number of rotatable bonds is 5. The van der Waals surface area contributed by atoms with E-state index in [-0.39, 0.29) is 28.8 Å². The molecule has 2 N–H and O–H groups in total. The van der Waals surface area contributed by atoms with E-state index in [0.717, 1.165) is 11.3 Å². The van der Waals surface area contributed by atoms with E-state index in [1.54, 1.807) is 19.2 Å². The lowest BCUT2D eigenvalue weighted by Crippen LogP contribution is -2.20. The normalized spacial score (nSPS) is 25.7. The lowest BCUT2D eigenvalue weighted by molar-refractivity contribution is 0.369. The number of hydrogen-bond donors (Lipinski definition) is 2. The fourth-order valence-corrected chi connectivity index (χ4v) is 3.09. The minimum atomic E-state index is -0.326. The average Bonchev–Trinajstić information content (AvgIpc) is 3.09. The summed E-state index contributed by atoms with van der Waals surface area (Å²) < 4.78 is 13.0. The van der Waals surface area contributed by atoms with Gasteiger partial charge in [0.25, 0.3) is 0 Å². The highest BCUT2D eigenvalue weighted by atomic mass is 19.1. The number of nitrogens with one attached hydrogen (secondary N) is 2. The quantitative estimate of drug-likeness (QED) is 0.645. The summed E-state index contributed by atoms with van der Waals surface area (Å²) in [6.45, 7) is 4.14. The van der Waals surface area contributed by atoms with Gasteiger partial charge in [-0.1, -0.05) is 26.0 Å². The van der Waals surface area contributed by atoms with Gasteiger partial charge in [-0.15, -0.1) is 0 Å². The first-order chi connectivity index (χ1) is 9.97. The smallest absolute Gasteiger partial charge is 0.123 e. The first-order valence-corrected chi connectivity index (χ1v) is 6.95. The third-order valence-corrected chi connectivity index (χ3v) is 4.26. The van der Waals surface area contributed by atoms with Crippen LogP contribution >= 0.6 is 0 Å². The van der Waals surface area contributed by atoms with Crippen LogP contribution in [0.15, 0.2) is 29.4 Å². The molecule has 0 aromatic heterocycles. The molecule has 4 nitrogen and oxygen atoms in total. The van der Waals surface area contributed by atoms with Crippen LogP contribution in [0, 0.1) is 39.8 Å².